The Morgan fingerprint density at radius 1 is 1.26 bits per heavy atom. The summed E-state index contributed by atoms with van der Waals surface area (Å²) < 4.78 is 10.1. The first-order chi connectivity index (χ1) is 9.24. The predicted octanol–water partition coefficient (Wildman–Crippen LogP) is 1.43. The first kappa shape index (κ1) is 15.8. The number of hydrogen-bond donors (Lipinski definition) is 0. The summed E-state index contributed by atoms with van der Waals surface area (Å²) in [4.78, 5) is 21.0. The number of carbonyl (C=O) groups excluding carboxylic acids is 1. The molecule has 0 spiro atoms. The number of rotatable bonds is 9. The van der Waals surface area contributed by atoms with Gasteiger partial charge < -0.3 is 14.4 Å². The second-order valence-electron chi connectivity index (χ2n) is 3.85. The van der Waals surface area contributed by atoms with E-state index in [2.05, 4.69) is 9.97 Å². The van der Waals surface area contributed by atoms with Gasteiger partial charge in [-0.15, -0.1) is 0 Å². The largest absolute Gasteiger partial charge is 0.385 e. The van der Waals surface area contributed by atoms with E-state index in [4.69, 9.17) is 21.1 Å². The van der Waals surface area contributed by atoms with E-state index in [0.717, 1.165) is 6.42 Å². The van der Waals surface area contributed by atoms with E-state index in [1.54, 1.807) is 14.2 Å². The van der Waals surface area contributed by atoms with E-state index in [1.807, 2.05) is 4.90 Å². The highest BCUT2D eigenvalue weighted by atomic mass is 35.5. The molecule has 0 atom stereocenters. The zero-order chi connectivity index (χ0) is 14.1. The summed E-state index contributed by atoms with van der Waals surface area (Å²) in [6.07, 6.45) is 2.84. The molecule has 0 amide bonds. The number of carbonyl (C=O) groups is 1. The first-order valence-electron chi connectivity index (χ1n) is 5.93. The molecule has 1 aromatic rings. The van der Waals surface area contributed by atoms with Gasteiger partial charge in [0, 0.05) is 33.9 Å². The fraction of sp³-hybridized carbons (Fsp3) is 0.583. The van der Waals surface area contributed by atoms with Gasteiger partial charge in [-0.25, -0.2) is 9.97 Å². The minimum absolute atomic E-state index is 0.161. The number of hydrogen-bond acceptors (Lipinski definition) is 6. The second-order valence-corrected chi connectivity index (χ2v) is 4.20. The highest BCUT2D eigenvalue weighted by molar-refractivity contribution is 6.32. The molecule has 0 unspecified atom stereocenters. The normalized spacial score (nSPS) is 10.5. The molecule has 0 radical (unpaired) electrons. The van der Waals surface area contributed by atoms with E-state index in [9.17, 15) is 4.79 Å². The van der Waals surface area contributed by atoms with Gasteiger partial charge in [-0.1, -0.05) is 11.6 Å². The van der Waals surface area contributed by atoms with E-state index in [0.29, 0.717) is 44.0 Å². The highest BCUT2D eigenvalue weighted by Gasteiger charge is 2.15. The number of aldehydes is 1. The highest BCUT2D eigenvalue weighted by Crippen LogP contribution is 2.21. The number of methoxy groups -OCH3 is 2. The molecule has 0 bridgehead atoms. The lowest BCUT2D eigenvalue weighted by Gasteiger charge is -2.24. The maximum atomic E-state index is 11.1. The predicted molar refractivity (Wildman–Crippen MR) is 73.0 cm³/mol. The molecule has 0 aliphatic rings. The van der Waals surface area contributed by atoms with Gasteiger partial charge in [-0.05, 0) is 6.42 Å². The van der Waals surface area contributed by atoms with Crippen LogP contribution in [0.15, 0.2) is 6.33 Å². The summed E-state index contributed by atoms with van der Waals surface area (Å²) in [6.45, 7) is 2.49. The van der Waals surface area contributed by atoms with Gasteiger partial charge in [0.05, 0.1) is 12.2 Å². The van der Waals surface area contributed by atoms with Crippen molar-refractivity contribution in [2.75, 3.05) is 45.4 Å². The van der Waals surface area contributed by atoms with E-state index >= 15 is 0 Å². The third kappa shape index (κ3) is 4.74. The fourth-order valence-corrected chi connectivity index (χ4v) is 1.82. The van der Waals surface area contributed by atoms with Crippen LogP contribution in [0.1, 0.15) is 16.8 Å². The Balaban J connectivity index is 2.88. The quantitative estimate of drug-likeness (QED) is 0.389. The van der Waals surface area contributed by atoms with Crippen LogP contribution in [-0.4, -0.2) is 56.8 Å². The van der Waals surface area contributed by atoms with Gasteiger partial charge in [-0.3, -0.25) is 4.79 Å². The summed E-state index contributed by atoms with van der Waals surface area (Å²) >= 11 is 5.90. The van der Waals surface area contributed by atoms with Crippen molar-refractivity contribution >= 4 is 23.7 Å². The van der Waals surface area contributed by atoms with Gasteiger partial charge in [-0.2, -0.15) is 0 Å². The third-order valence-corrected chi connectivity index (χ3v) is 2.87. The van der Waals surface area contributed by atoms with Gasteiger partial charge in [0.2, 0.25) is 0 Å². The molecule has 0 saturated carbocycles. The number of aromatic nitrogens is 2. The Hall–Kier alpha value is -1.24. The fourth-order valence-electron chi connectivity index (χ4n) is 1.64. The van der Waals surface area contributed by atoms with Crippen molar-refractivity contribution in [2.45, 2.75) is 6.42 Å². The Morgan fingerprint density at radius 3 is 2.63 bits per heavy atom. The van der Waals surface area contributed by atoms with Crippen LogP contribution in [0, 0.1) is 0 Å². The van der Waals surface area contributed by atoms with Gasteiger partial charge in [0.1, 0.15) is 17.3 Å². The smallest absolute Gasteiger partial charge is 0.156 e. The summed E-state index contributed by atoms with van der Waals surface area (Å²) in [5.41, 5.74) is 0.303. The molecule has 0 aliphatic carbocycles. The first-order valence-corrected chi connectivity index (χ1v) is 6.30. The maximum Gasteiger partial charge on any atom is 0.156 e. The van der Waals surface area contributed by atoms with Crippen molar-refractivity contribution in [3.8, 4) is 0 Å². The molecular formula is C12H18ClN3O3. The van der Waals surface area contributed by atoms with Crippen LogP contribution in [0.25, 0.3) is 0 Å². The lowest BCUT2D eigenvalue weighted by atomic mass is 10.3. The molecule has 1 aromatic heterocycles. The van der Waals surface area contributed by atoms with Crippen LogP contribution >= 0.6 is 11.6 Å². The number of halogens is 1. The topological polar surface area (TPSA) is 64.6 Å². The van der Waals surface area contributed by atoms with Crippen LogP contribution in [0.2, 0.25) is 5.15 Å². The number of anilines is 1. The lowest BCUT2D eigenvalue weighted by molar-refractivity contribution is 0.112. The standard InChI is InChI=1S/C12H18ClN3O3/c1-18-6-3-4-16(5-7-19-2)12-10(8-17)11(13)14-9-15-12/h8-9H,3-7H2,1-2H3. The zero-order valence-corrected chi connectivity index (χ0v) is 11.9. The third-order valence-electron chi connectivity index (χ3n) is 2.57. The summed E-state index contributed by atoms with van der Waals surface area (Å²) in [5, 5.41) is 0.161. The SMILES string of the molecule is COCCCN(CCOC)c1ncnc(Cl)c1C=O. The molecular weight excluding hydrogens is 270 g/mol. The lowest BCUT2D eigenvalue weighted by Crippen LogP contribution is -2.31. The van der Waals surface area contributed by atoms with Crippen LogP contribution < -0.4 is 4.90 Å². The monoisotopic (exact) mass is 287 g/mol. The molecule has 0 N–H and O–H groups in total. The van der Waals surface area contributed by atoms with Gasteiger partial charge >= 0.3 is 0 Å². The van der Waals surface area contributed by atoms with Gasteiger partial charge in [0.15, 0.2) is 6.29 Å². The maximum absolute atomic E-state index is 11.1. The molecule has 0 fully saturated rings. The molecule has 0 aromatic carbocycles. The summed E-state index contributed by atoms with van der Waals surface area (Å²) in [5.74, 6) is 0.531. The molecule has 1 heterocycles. The molecule has 0 aliphatic heterocycles. The van der Waals surface area contributed by atoms with Crippen LogP contribution in [0.4, 0.5) is 5.82 Å². The average Bonchev–Trinajstić information content (AvgIpc) is 2.42. The van der Waals surface area contributed by atoms with Crippen LogP contribution in [0.3, 0.4) is 0 Å². The molecule has 6 nitrogen and oxygen atoms in total. The number of nitrogens with zero attached hydrogens (tertiary/aromatic N) is 3. The summed E-state index contributed by atoms with van der Waals surface area (Å²) in [7, 11) is 3.28. The average molecular weight is 288 g/mol. The second kappa shape index (κ2) is 8.79. The number of ether oxygens (including phenoxy) is 2. The Kier molecular flexibility index (Phi) is 7.32. The molecule has 19 heavy (non-hydrogen) atoms. The Morgan fingerprint density at radius 2 is 2.00 bits per heavy atom. The minimum Gasteiger partial charge on any atom is -0.385 e. The molecule has 7 heteroatoms. The van der Waals surface area contributed by atoms with E-state index in [-0.39, 0.29) is 5.15 Å². The molecule has 106 valence electrons. The van der Waals surface area contributed by atoms with Crippen molar-refractivity contribution in [1.29, 1.82) is 0 Å². The van der Waals surface area contributed by atoms with Crippen molar-refractivity contribution in [3.63, 3.8) is 0 Å². The van der Waals surface area contributed by atoms with Crippen LogP contribution in [0.5, 0.6) is 0 Å². The summed E-state index contributed by atoms with van der Waals surface area (Å²) in [6, 6.07) is 0. The molecule has 0 saturated heterocycles. The minimum atomic E-state index is 0.161. The van der Waals surface area contributed by atoms with Crippen LogP contribution in [-0.2, 0) is 9.47 Å². The van der Waals surface area contributed by atoms with Crippen molar-refractivity contribution in [1.82, 2.24) is 9.97 Å². The molecule has 1 rings (SSSR count). The van der Waals surface area contributed by atoms with E-state index < -0.39 is 0 Å². The Bertz CT molecular complexity index is 404. The van der Waals surface area contributed by atoms with E-state index in [1.165, 1.54) is 6.33 Å². The van der Waals surface area contributed by atoms with Crippen molar-refractivity contribution in [2.24, 2.45) is 0 Å². The zero-order valence-electron chi connectivity index (χ0n) is 11.1. The van der Waals surface area contributed by atoms with Gasteiger partial charge in [0.25, 0.3) is 0 Å². The van der Waals surface area contributed by atoms with Crippen molar-refractivity contribution < 1.29 is 14.3 Å². The Labute approximate surface area is 117 Å². The van der Waals surface area contributed by atoms with Crippen molar-refractivity contribution in [3.05, 3.63) is 17.0 Å².